The number of halogens is 2. The fourth-order valence-electron chi connectivity index (χ4n) is 4.10. The average molecular weight is 541 g/mol. The number of fused-ring (bicyclic) bond motifs is 1. The summed E-state index contributed by atoms with van der Waals surface area (Å²) < 4.78 is 31.4. The van der Waals surface area contributed by atoms with Crippen molar-refractivity contribution in [1.82, 2.24) is 0 Å². The first-order valence-corrected chi connectivity index (χ1v) is 12.6. The number of rotatable bonds is 8. The van der Waals surface area contributed by atoms with Gasteiger partial charge in [0.1, 0.15) is 34.2 Å². The highest BCUT2D eigenvalue weighted by Crippen LogP contribution is 2.36. The van der Waals surface area contributed by atoms with Gasteiger partial charge in [0, 0.05) is 22.1 Å². The Morgan fingerprint density at radius 1 is 0.923 bits per heavy atom. The Kier molecular flexibility index (Phi) is 7.57. The lowest BCUT2D eigenvalue weighted by molar-refractivity contribution is 0.0737. The number of ether oxygens (including phenoxy) is 2. The lowest BCUT2D eigenvalue weighted by Crippen LogP contribution is -2.09. The van der Waals surface area contributed by atoms with Gasteiger partial charge in [-0.2, -0.15) is 0 Å². The second kappa shape index (κ2) is 11.4. The van der Waals surface area contributed by atoms with E-state index in [0.29, 0.717) is 34.6 Å². The highest BCUT2D eigenvalue weighted by Gasteiger charge is 2.24. The molecule has 0 aliphatic carbocycles. The molecule has 4 aromatic carbocycles. The molecule has 0 amide bonds. The first-order valence-electron chi connectivity index (χ1n) is 12.2. The number of carbonyl (C=O) groups is 2. The van der Waals surface area contributed by atoms with Crippen molar-refractivity contribution in [3.8, 4) is 22.8 Å². The quantitative estimate of drug-likeness (QED) is 0.0855. The molecule has 5 rings (SSSR count). The van der Waals surface area contributed by atoms with Crippen LogP contribution >= 0.6 is 11.6 Å². The van der Waals surface area contributed by atoms with Crippen LogP contribution < -0.4 is 9.47 Å². The predicted octanol–water partition coefficient (Wildman–Crippen LogP) is 8.41. The summed E-state index contributed by atoms with van der Waals surface area (Å²) in [4.78, 5) is 26.1. The third-order valence-corrected chi connectivity index (χ3v) is 6.29. The summed E-state index contributed by atoms with van der Waals surface area (Å²) in [5.41, 5.74) is 1.97. The highest BCUT2D eigenvalue weighted by atomic mass is 35.5. The number of hydrogen-bond acceptors (Lipinski definition) is 5. The fraction of sp³-hybridized carbons (Fsp3) is 0.0625. The Bertz CT molecular complexity index is 1670. The Morgan fingerprint density at radius 2 is 1.67 bits per heavy atom. The van der Waals surface area contributed by atoms with Crippen LogP contribution in [0.25, 0.3) is 28.4 Å². The summed E-state index contributed by atoms with van der Waals surface area (Å²) in [6, 6.07) is 25.0. The maximum Gasteiger partial charge on any atom is 0.348 e. The number of hydrogen-bond donors (Lipinski definition) is 0. The number of allylic oxidation sites excluding steroid dienone is 1. The normalized spacial score (nSPS) is 11.2. The van der Waals surface area contributed by atoms with Gasteiger partial charge in [-0.1, -0.05) is 48.0 Å². The summed E-state index contributed by atoms with van der Waals surface area (Å²) in [6.45, 7) is 2.35. The molecule has 0 aliphatic heterocycles. The van der Waals surface area contributed by atoms with Gasteiger partial charge in [0.15, 0.2) is 5.78 Å². The lowest BCUT2D eigenvalue weighted by Gasteiger charge is -2.07. The SMILES string of the molecule is CCOc1ccc2oc(-c3ccccc3)c(C(=O)Oc3ccc(C(=O)C=Cc4c(F)cccc4Cl)cc3)c2c1. The van der Waals surface area contributed by atoms with E-state index in [-0.39, 0.29) is 27.7 Å². The van der Waals surface area contributed by atoms with Crippen molar-refractivity contribution < 1.29 is 27.9 Å². The minimum atomic E-state index is -0.616. The van der Waals surface area contributed by atoms with Crippen LogP contribution in [0.2, 0.25) is 5.02 Å². The number of benzene rings is 4. The summed E-state index contributed by atoms with van der Waals surface area (Å²) in [5, 5.41) is 0.768. The molecule has 0 atom stereocenters. The van der Waals surface area contributed by atoms with Crippen molar-refractivity contribution in [2.75, 3.05) is 6.61 Å². The standard InChI is InChI=1S/C32H22ClFO5/c1-2-37-23-15-18-29-25(19-23)30(31(39-29)21-7-4-3-5-8-21)32(36)38-22-13-11-20(12-14-22)28(35)17-16-24-26(33)9-6-10-27(24)34/h3-19H,2H2,1H3. The van der Waals surface area contributed by atoms with E-state index in [9.17, 15) is 14.0 Å². The van der Waals surface area contributed by atoms with E-state index in [1.807, 2.05) is 37.3 Å². The topological polar surface area (TPSA) is 65.7 Å². The van der Waals surface area contributed by atoms with Crippen LogP contribution in [0.3, 0.4) is 0 Å². The third-order valence-electron chi connectivity index (χ3n) is 5.96. The molecule has 0 radical (unpaired) electrons. The molecule has 1 aromatic heterocycles. The highest BCUT2D eigenvalue weighted by molar-refractivity contribution is 6.32. The van der Waals surface area contributed by atoms with Crippen molar-refractivity contribution in [3.05, 3.63) is 125 Å². The van der Waals surface area contributed by atoms with Crippen LogP contribution in [-0.4, -0.2) is 18.4 Å². The van der Waals surface area contributed by atoms with E-state index in [2.05, 4.69) is 0 Å². The number of furan rings is 1. The summed E-state index contributed by atoms with van der Waals surface area (Å²) in [5.74, 6) is -0.270. The zero-order valence-electron chi connectivity index (χ0n) is 20.8. The monoisotopic (exact) mass is 540 g/mol. The van der Waals surface area contributed by atoms with Crippen molar-refractivity contribution in [1.29, 1.82) is 0 Å². The van der Waals surface area contributed by atoms with Gasteiger partial charge < -0.3 is 13.9 Å². The molecule has 0 bridgehead atoms. The molecule has 194 valence electrons. The molecule has 0 saturated heterocycles. The smallest absolute Gasteiger partial charge is 0.348 e. The van der Waals surface area contributed by atoms with Crippen LogP contribution in [0.1, 0.15) is 33.2 Å². The Balaban J connectivity index is 1.41. The van der Waals surface area contributed by atoms with Crippen molar-refractivity contribution in [3.63, 3.8) is 0 Å². The molecule has 0 unspecified atom stereocenters. The van der Waals surface area contributed by atoms with Crippen molar-refractivity contribution in [2.24, 2.45) is 0 Å². The predicted molar refractivity (Wildman–Crippen MR) is 149 cm³/mol. The first kappa shape index (κ1) is 25.9. The molecule has 39 heavy (non-hydrogen) atoms. The molecule has 0 saturated carbocycles. The number of ketones is 1. The van der Waals surface area contributed by atoms with Crippen molar-refractivity contribution >= 4 is 40.4 Å². The van der Waals surface area contributed by atoms with E-state index in [1.165, 1.54) is 48.6 Å². The molecule has 0 N–H and O–H groups in total. The molecule has 7 heteroatoms. The Morgan fingerprint density at radius 3 is 2.38 bits per heavy atom. The molecular formula is C32H22ClFO5. The summed E-state index contributed by atoms with van der Waals surface area (Å²) in [7, 11) is 0. The third kappa shape index (κ3) is 5.61. The fourth-order valence-corrected chi connectivity index (χ4v) is 4.33. The van der Waals surface area contributed by atoms with Gasteiger partial charge in [0.25, 0.3) is 0 Å². The van der Waals surface area contributed by atoms with Gasteiger partial charge >= 0.3 is 5.97 Å². The lowest BCUT2D eigenvalue weighted by atomic mass is 10.1. The minimum Gasteiger partial charge on any atom is -0.494 e. The van der Waals surface area contributed by atoms with Gasteiger partial charge in [-0.15, -0.1) is 0 Å². The average Bonchev–Trinajstić information content (AvgIpc) is 3.33. The van der Waals surface area contributed by atoms with Crippen molar-refractivity contribution in [2.45, 2.75) is 6.92 Å². The van der Waals surface area contributed by atoms with E-state index in [0.717, 1.165) is 5.56 Å². The second-order valence-electron chi connectivity index (χ2n) is 8.51. The number of esters is 1. The van der Waals surface area contributed by atoms with Gasteiger partial charge in [-0.3, -0.25) is 4.79 Å². The van der Waals surface area contributed by atoms with Crippen LogP contribution in [0.15, 0.2) is 101 Å². The summed E-state index contributed by atoms with van der Waals surface area (Å²) >= 11 is 6.02. The van der Waals surface area contributed by atoms with E-state index >= 15 is 0 Å². The van der Waals surface area contributed by atoms with Crippen LogP contribution in [0.5, 0.6) is 11.5 Å². The molecule has 1 heterocycles. The zero-order chi connectivity index (χ0) is 27.4. The molecule has 0 fully saturated rings. The molecule has 0 aliphatic rings. The van der Waals surface area contributed by atoms with Gasteiger partial charge in [0.2, 0.25) is 0 Å². The Labute approximate surface area is 229 Å². The summed E-state index contributed by atoms with van der Waals surface area (Å²) in [6.07, 6.45) is 2.57. The zero-order valence-corrected chi connectivity index (χ0v) is 21.6. The number of carbonyl (C=O) groups excluding carboxylic acids is 2. The van der Waals surface area contributed by atoms with Gasteiger partial charge in [-0.25, -0.2) is 9.18 Å². The van der Waals surface area contributed by atoms with Crippen LogP contribution in [0.4, 0.5) is 4.39 Å². The Hall–Kier alpha value is -4.68. The van der Waals surface area contributed by atoms with E-state index in [1.54, 1.807) is 24.3 Å². The maximum atomic E-state index is 14.0. The van der Waals surface area contributed by atoms with E-state index < -0.39 is 11.8 Å². The maximum absolute atomic E-state index is 14.0. The molecule has 5 aromatic rings. The first-order chi connectivity index (χ1) is 18.9. The molecule has 5 nitrogen and oxygen atoms in total. The van der Waals surface area contributed by atoms with E-state index in [4.69, 9.17) is 25.5 Å². The van der Waals surface area contributed by atoms with Gasteiger partial charge in [0.05, 0.1) is 11.6 Å². The second-order valence-corrected chi connectivity index (χ2v) is 8.92. The van der Waals surface area contributed by atoms with Crippen LogP contribution in [-0.2, 0) is 0 Å². The van der Waals surface area contributed by atoms with Gasteiger partial charge in [-0.05, 0) is 73.7 Å². The van der Waals surface area contributed by atoms with Crippen LogP contribution in [0, 0.1) is 5.82 Å². The minimum absolute atomic E-state index is 0.132. The largest absolute Gasteiger partial charge is 0.494 e. The molecule has 0 spiro atoms. The molecular weight excluding hydrogens is 519 g/mol.